The third-order valence-corrected chi connectivity index (χ3v) is 4.31. The van der Waals surface area contributed by atoms with Gasteiger partial charge in [-0.3, -0.25) is 4.79 Å². The van der Waals surface area contributed by atoms with Crippen molar-refractivity contribution >= 4 is 45.0 Å². The third kappa shape index (κ3) is 2.95. The molecule has 2 nitrogen and oxygen atoms in total. The van der Waals surface area contributed by atoms with Gasteiger partial charge in [0.05, 0.1) is 5.56 Å². The molecule has 1 fully saturated rings. The van der Waals surface area contributed by atoms with Crippen LogP contribution >= 0.6 is 39.1 Å². The second kappa shape index (κ2) is 5.59. The highest BCUT2D eigenvalue weighted by molar-refractivity contribution is 9.10. The van der Waals surface area contributed by atoms with E-state index in [2.05, 4.69) is 15.9 Å². The lowest BCUT2D eigenvalue weighted by molar-refractivity contribution is 0.0787. The number of nitrogens with zero attached hydrogens (tertiary/aromatic N) is 1. The first-order valence-electron chi connectivity index (χ1n) is 5.42. The number of likely N-dealkylation sites (tertiary alicyclic amines) is 1. The van der Waals surface area contributed by atoms with Crippen molar-refractivity contribution in [3.63, 3.8) is 0 Å². The number of halogens is 3. The molecule has 2 rings (SSSR count). The maximum Gasteiger partial charge on any atom is 0.255 e. The van der Waals surface area contributed by atoms with Crippen LogP contribution in [0.2, 0.25) is 5.02 Å². The van der Waals surface area contributed by atoms with Crippen LogP contribution in [0.4, 0.5) is 0 Å². The minimum atomic E-state index is 0.0204. The van der Waals surface area contributed by atoms with E-state index in [-0.39, 0.29) is 5.91 Å². The van der Waals surface area contributed by atoms with Crippen molar-refractivity contribution in [2.45, 2.75) is 6.42 Å². The first-order chi connectivity index (χ1) is 8.11. The Hall–Kier alpha value is -0.250. The quantitative estimate of drug-likeness (QED) is 0.752. The van der Waals surface area contributed by atoms with E-state index < -0.39 is 0 Å². The van der Waals surface area contributed by atoms with Crippen LogP contribution in [0.3, 0.4) is 0 Å². The van der Waals surface area contributed by atoms with E-state index in [0.717, 1.165) is 24.0 Å². The topological polar surface area (TPSA) is 20.3 Å². The maximum atomic E-state index is 12.3. The van der Waals surface area contributed by atoms with Crippen molar-refractivity contribution in [3.05, 3.63) is 33.3 Å². The molecular formula is C12H12BrCl2NO. The van der Waals surface area contributed by atoms with E-state index in [0.29, 0.717) is 22.4 Å². The molecule has 1 saturated heterocycles. The lowest BCUT2D eigenvalue weighted by Gasteiger charge is -2.17. The Morgan fingerprint density at radius 2 is 2.29 bits per heavy atom. The molecule has 0 saturated carbocycles. The summed E-state index contributed by atoms with van der Waals surface area (Å²) in [7, 11) is 0. The largest absolute Gasteiger partial charge is 0.338 e. The summed E-state index contributed by atoms with van der Waals surface area (Å²) in [6.07, 6.45) is 0.980. The second-order valence-corrected chi connectivity index (χ2v) is 5.78. The van der Waals surface area contributed by atoms with E-state index in [1.165, 1.54) is 0 Å². The molecular weight excluding hydrogens is 325 g/mol. The minimum Gasteiger partial charge on any atom is -0.338 e. The summed E-state index contributed by atoms with van der Waals surface area (Å²) in [5.74, 6) is 1.05. The summed E-state index contributed by atoms with van der Waals surface area (Å²) in [5, 5.41) is 0.574. The SMILES string of the molecule is O=C(c1cc(Cl)ccc1Br)N1CCC(CCl)C1. The highest BCUT2D eigenvalue weighted by atomic mass is 79.9. The van der Waals surface area contributed by atoms with Crippen molar-refractivity contribution in [1.82, 2.24) is 4.90 Å². The van der Waals surface area contributed by atoms with E-state index in [9.17, 15) is 4.79 Å². The fraction of sp³-hybridized carbons (Fsp3) is 0.417. The summed E-state index contributed by atoms with van der Waals surface area (Å²) in [6, 6.07) is 5.25. The summed E-state index contributed by atoms with van der Waals surface area (Å²) in [6.45, 7) is 1.51. The molecule has 0 aliphatic carbocycles. The van der Waals surface area contributed by atoms with Crippen LogP contribution in [0, 0.1) is 5.92 Å². The maximum absolute atomic E-state index is 12.3. The number of carbonyl (C=O) groups excluding carboxylic acids is 1. The van der Waals surface area contributed by atoms with Crippen molar-refractivity contribution in [3.8, 4) is 0 Å². The number of rotatable bonds is 2. The number of hydrogen-bond acceptors (Lipinski definition) is 1. The molecule has 0 radical (unpaired) electrons. The molecule has 17 heavy (non-hydrogen) atoms. The van der Waals surface area contributed by atoms with Crippen molar-refractivity contribution in [2.24, 2.45) is 5.92 Å². The third-order valence-electron chi connectivity index (χ3n) is 2.95. The number of amides is 1. The zero-order valence-corrected chi connectivity index (χ0v) is 12.2. The summed E-state index contributed by atoms with van der Waals surface area (Å²) in [4.78, 5) is 14.1. The highest BCUT2D eigenvalue weighted by Gasteiger charge is 2.27. The first-order valence-corrected chi connectivity index (χ1v) is 7.12. The van der Waals surface area contributed by atoms with Crippen LogP contribution in [0.1, 0.15) is 16.8 Å². The normalized spacial score (nSPS) is 19.7. The highest BCUT2D eigenvalue weighted by Crippen LogP contribution is 2.25. The van der Waals surface area contributed by atoms with E-state index >= 15 is 0 Å². The average molecular weight is 337 g/mol. The van der Waals surface area contributed by atoms with Crippen LogP contribution < -0.4 is 0 Å². The van der Waals surface area contributed by atoms with Gasteiger partial charge in [-0.2, -0.15) is 0 Å². The Morgan fingerprint density at radius 1 is 1.53 bits per heavy atom. The number of hydrogen-bond donors (Lipinski definition) is 0. The lowest BCUT2D eigenvalue weighted by atomic mass is 10.1. The fourth-order valence-corrected chi connectivity index (χ4v) is 2.82. The van der Waals surface area contributed by atoms with Crippen LogP contribution in [0.5, 0.6) is 0 Å². The zero-order chi connectivity index (χ0) is 12.4. The molecule has 92 valence electrons. The molecule has 1 amide bonds. The van der Waals surface area contributed by atoms with E-state index in [4.69, 9.17) is 23.2 Å². The molecule has 1 atom stereocenters. The molecule has 0 spiro atoms. The molecule has 5 heteroatoms. The smallest absolute Gasteiger partial charge is 0.255 e. The standard InChI is InChI=1S/C12H12BrCl2NO/c13-11-2-1-9(15)5-10(11)12(17)16-4-3-8(6-14)7-16/h1-2,5,8H,3-4,6-7H2. The first kappa shape index (κ1) is 13.2. The Balaban J connectivity index is 2.17. The van der Waals surface area contributed by atoms with Gasteiger partial charge in [-0.15, -0.1) is 11.6 Å². The van der Waals surface area contributed by atoms with Crippen LogP contribution in [-0.2, 0) is 0 Å². The molecule has 0 aromatic heterocycles. The molecule has 1 aromatic carbocycles. The monoisotopic (exact) mass is 335 g/mol. The minimum absolute atomic E-state index is 0.0204. The lowest BCUT2D eigenvalue weighted by Crippen LogP contribution is -2.29. The Kier molecular flexibility index (Phi) is 4.34. The molecule has 1 aliphatic rings. The van der Waals surface area contributed by atoms with Crippen LogP contribution in [0.25, 0.3) is 0 Å². The van der Waals surface area contributed by atoms with Crippen molar-refractivity contribution in [2.75, 3.05) is 19.0 Å². The summed E-state index contributed by atoms with van der Waals surface area (Å²) >= 11 is 15.1. The van der Waals surface area contributed by atoms with Gasteiger partial charge in [-0.1, -0.05) is 11.6 Å². The zero-order valence-electron chi connectivity index (χ0n) is 9.13. The Bertz CT molecular complexity index is 439. The van der Waals surface area contributed by atoms with E-state index in [1.54, 1.807) is 18.2 Å². The van der Waals surface area contributed by atoms with Crippen molar-refractivity contribution < 1.29 is 4.79 Å². The summed E-state index contributed by atoms with van der Waals surface area (Å²) < 4.78 is 0.779. The van der Waals surface area contributed by atoms with Gasteiger partial charge in [-0.25, -0.2) is 0 Å². The average Bonchev–Trinajstić information content (AvgIpc) is 2.80. The molecule has 1 unspecified atom stereocenters. The second-order valence-electron chi connectivity index (χ2n) is 4.18. The molecule has 0 N–H and O–H groups in total. The molecule has 1 aliphatic heterocycles. The van der Waals surface area contributed by atoms with Crippen molar-refractivity contribution in [1.29, 1.82) is 0 Å². The molecule has 1 aromatic rings. The van der Waals surface area contributed by atoms with Crippen LogP contribution in [-0.4, -0.2) is 29.8 Å². The predicted molar refractivity (Wildman–Crippen MR) is 73.9 cm³/mol. The van der Waals surface area contributed by atoms with Crippen LogP contribution in [0.15, 0.2) is 22.7 Å². The number of carbonyl (C=O) groups is 1. The van der Waals surface area contributed by atoms with Gasteiger partial charge >= 0.3 is 0 Å². The van der Waals surface area contributed by atoms with Gasteiger partial charge in [0, 0.05) is 28.5 Å². The van der Waals surface area contributed by atoms with Gasteiger partial charge < -0.3 is 4.90 Å². The predicted octanol–water partition coefficient (Wildman–Crippen LogP) is 3.80. The van der Waals surface area contributed by atoms with Gasteiger partial charge in [0.2, 0.25) is 0 Å². The van der Waals surface area contributed by atoms with E-state index in [1.807, 2.05) is 4.90 Å². The Labute approximate surface area is 119 Å². The molecule has 0 bridgehead atoms. The van der Waals surface area contributed by atoms with Gasteiger partial charge in [0.25, 0.3) is 5.91 Å². The number of alkyl halides is 1. The van der Waals surface area contributed by atoms with Gasteiger partial charge in [-0.05, 0) is 46.5 Å². The van der Waals surface area contributed by atoms with Gasteiger partial charge in [0.15, 0.2) is 0 Å². The summed E-state index contributed by atoms with van der Waals surface area (Å²) in [5.41, 5.74) is 0.618. The number of benzene rings is 1. The fourth-order valence-electron chi connectivity index (χ4n) is 1.97. The van der Waals surface area contributed by atoms with Gasteiger partial charge in [0.1, 0.15) is 0 Å². The Morgan fingerprint density at radius 3 is 2.94 bits per heavy atom. The molecule has 1 heterocycles.